The second-order valence-corrected chi connectivity index (χ2v) is 5.01. The van der Waals surface area contributed by atoms with Crippen LogP contribution in [0.1, 0.15) is 13.8 Å². The minimum atomic E-state index is -0.517. The second-order valence-electron chi connectivity index (χ2n) is 4.61. The number of fused-ring (bicyclic) bond motifs is 1. The Hall–Kier alpha value is -1.29. The molecule has 1 aliphatic heterocycles. The molecule has 1 heterocycles. The molecule has 17 heavy (non-hydrogen) atoms. The maximum Gasteiger partial charge on any atom is 0.243 e. The summed E-state index contributed by atoms with van der Waals surface area (Å²) in [6.45, 7) is 5.16. The number of nitrogens with one attached hydrogen (secondary N) is 1. The highest BCUT2D eigenvalue weighted by atomic mass is 35.5. The summed E-state index contributed by atoms with van der Waals surface area (Å²) in [4.78, 5) is 13.4. The molecule has 0 spiro atoms. The number of anilines is 2. The molecule has 5 heteroatoms. The lowest BCUT2D eigenvalue weighted by Gasteiger charge is -2.32. The van der Waals surface area contributed by atoms with Crippen molar-refractivity contribution in [3.05, 3.63) is 23.0 Å². The molecule has 1 amide bonds. The molecule has 1 aromatic carbocycles. The van der Waals surface area contributed by atoms with Gasteiger partial charge in [-0.15, -0.1) is 0 Å². The molecular weight excluding hydrogens is 243 g/mol. The van der Waals surface area contributed by atoms with Crippen LogP contribution in [0, 0.1) is 11.7 Å². The summed E-state index contributed by atoms with van der Waals surface area (Å²) >= 11 is 5.77. The van der Waals surface area contributed by atoms with Gasteiger partial charge in [0.2, 0.25) is 5.91 Å². The summed E-state index contributed by atoms with van der Waals surface area (Å²) in [7, 11) is 0. The highest BCUT2D eigenvalue weighted by molar-refractivity contribution is 6.31. The Kier molecular flexibility index (Phi) is 3.24. The molecule has 0 radical (unpaired) electrons. The predicted octanol–water partition coefficient (Wildman–Crippen LogP) is 2.89. The van der Waals surface area contributed by atoms with Crippen LogP contribution >= 0.6 is 11.6 Å². The van der Waals surface area contributed by atoms with Crippen molar-refractivity contribution in [1.29, 1.82) is 0 Å². The number of amides is 1. The number of hydrogen-bond acceptors (Lipinski definition) is 2. The van der Waals surface area contributed by atoms with Gasteiger partial charge in [-0.2, -0.15) is 0 Å². The second kappa shape index (κ2) is 4.53. The van der Waals surface area contributed by atoms with Gasteiger partial charge in [-0.3, -0.25) is 4.79 Å². The Balaban J connectivity index is 2.41. The molecule has 1 aliphatic rings. The molecule has 92 valence electrons. The van der Waals surface area contributed by atoms with E-state index in [2.05, 4.69) is 19.2 Å². The standard InChI is InChI=1S/C12H14ClFN2O/c1-7(2)5-16-6-12(17)15-10-4-9(14)8(13)3-11(10)16/h3-4,7H,5-6H2,1-2H3,(H,15,17). The molecule has 0 atom stereocenters. The van der Waals surface area contributed by atoms with Crippen molar-refractivity contribution in [3.8, 4) is 0 Å². The predicted molar refractivity (Wildman–Crippen MR) is 67.1 cm³/mol. The molecule has 3 nitrogen and oxygen atoms in total. The summed E-state index contributed by atoms with van der Waals surface area (Å²) in [6.07, 6.45) is 0. The van der Waals surface area contributed by atoms with Gasteiger partial charge in [0.25, 0.3) is 0 Å². The van der Waals surface area contributed by atoms with Gasteiger partial charge in [-0.05, 0) is 12.0 Å². The van der Waals surface area contributed by atoms with E-state index in [-0.39, 0.29) is 17.5 Å². The smallest absolute Gasteiger partial charge is 0.243 e. The molecule has 0 aliphatic carbocycles. The van der Waals surface area contributed by atoms with Crippen molar-refractivity contribution >= 4 is 28.9 Å². The molecule has 0 aromatic heterocycles. The van der Waals surface area contributed by atoms with E-state index in [0.29, 0.717) is 11.6 Å². The number of nitrogens with zero attached hydrogens (tertiary/aromatic N) is 1. The average Bonchev–Trinajstić information content (AvgIpc) is 2.20. The normalized spacial score (nSPS) is 14.9. The van der Waals surface area contributed by atoms with E-state index in [0.717, 1.165) is 12.2 Å². The van der Waals surface area contributed by atoms with Gasteiger partial charge >= 0.3 is 0 Å². The van der Waals surface area contributed by atoms with Gasteiger partial charge < -0.3 is 10.2 Å². The van der Waals surface area contributed by atoms with Crippen molar-refractivity contribution in [2.45, 2.75) is 13.8 Å². The summed E-state index contributed by atoms with van der Waals surface area (Å²) in [5.41, 5.74) is 1.27. The van der Waals surface area contributed by atoms with Crippen molar-refractivity contribution < 1.29 is 9.18 Å². The number of halogens is 2. The molecule has 0 fully saturated rings. The van der Waals surface area contributed by atoms with Gasteiger partial charge in [0.15, 0.2) is 0 Å². The van der Waals surface area contributed by atoms with E-state index >= 15 is 0 Å². The highest BCUT2D eigenvalue weighted by Gasteiger charge is 2.23. The van der Waals surface area contributed by atoms with Crippen LogP contribution in [0.25, 0.3) is 0 Å². The molecular formula is C12H14ClFN2O. The summed E-state index contributed by atoms with van der Waals surface area (Å²) in [5, 5.41) is 2.73. The van der Waals surface area contributed by atoms with Crippen LogP contribution in [0.2, 0.25) is 5.02 Å². The third-order valence-corrected chi connectivity index (χ3v) is 2.86. The van der Waals surface area contributed by atoms with Crippen LogP contribution in [0.5, 0.6) is 0 Å². The van der Waals surface area contributed by atoms with E-state index in [1.807, 2.05) is 4.90 Å². The third-order valence-electron chi connectivity index (χ3n) is 2.57. The Morgan fingerprint density at radius 1 is 1.53 bits per heavy atom. The Morgan fingerprint density at radius 2 is 2.24 bits per heavy atom. The van der Waals surface area contributed by atoms with Crippen LogP contribution in [-0.4, -0.2) is 19.0 Å². The van der Waals surface area contributed by atoms with Crippen LogP contribution in [0.4, 0.5) is 15.8 Å². The topological polar surface area (TPSA) is 32.3 Å². The number of hydrogen-bond donors (Lipinski definition) is 1. The SMILES string of the molecule is CC(C)CN1CC(=O)Nc2cc(F)c(Cl)cc21. The van der Waals surface area contributed by atoms with Gasteiger partial charge in [0.1, 0.15) is 5.82 Å². The fourth-order valence-electron chi connectivity index (χ4n) is 1.95. The molecule has 0 unspecified atom stereocenters. The number of rotatable bonds is 2. The van der Waals surface area contributed by atoms with Gasteiger partial charge in [0, 0.05) is 12.6 Å². The van der Waals surface area contributed by atoms with Crippen LogP contribution < -0.4 is 10.2 Å². The van der Waals surface area contributed by atoms with Crippen molar-refractivity contribution in [1.82, 2.24) is 0 Å². The number of benzene rings is 1. The minimum absolute atomic E-state index is 0.0775. The van der Waals surface area contributed by atoms with Crippen LogP contribution in [0.3, 0.4) is 0 Å². The quantitative estimate of drug-likeness (QED) is 0.883. The highest BCUT2D eigenvalue weighted by Crippen LogP contribution is 2.34. The zero-order valence-electron chi connectivity index (χ0n) is 9.76. The van der Waals surface area contributed by atoms with Gasteiger partial charge in [0.05, 0.1) is 22.9 Å². The fourth-order valence-corrected chi connectivity index (χ4v) is 2.11. The first-order valence-electron chi connectivity index (χ1n) is 5.51. The van der Waals surface area contributed by atoms with E-state index in [4.69, 9.17) is 11.6 Å². The van der Waals surface area contributed by atoms with Crippen LogP contribution in [-0.2, 0) is 4.79 Å². The molecule has 1 aromatic rings. The maximum atomic E-state index is 13.3. The van der Waals surface area contributed by atoms with E-state index < -0.39 is 5.82 Å². The molecule has 0 saturated carbocycles. The fraction of sp³-hybridized carbons (Fsp3) is 0.417. The lowest BCUT2D eigenvalue weighted by molar-refractivity contribution is -0.115. The summed E-state index contributed by atoms with van der Waals surface area (Å²) in [6, 6.07) is 2.83. The summed E-state index contributed by atoms with van der Waals surface area (Å²) in [5.74, 6) is -0.227. The van der Waals surface area contributed by atoms with Gasteiger partial charge in [-0.1, -0.05) is 25.4 Å². The largest absolute Gasteiger partial charge is 0.360 e. The zero-order chi connectivity index (χ0) is 12.6. The molecule has 2 rings (SSSR count). The zero-order valence-corrected chi connectivity index (χ0v) is 10.5. The van der Waals surface area contributed by atoms with Crippen molar-refractivity contribution in [2.24, 2.45) is 5.92 Å². The molecule has 0 bridgehead atoms. The first kappa shape index (κ1) is 12.2. The van der Waals surface area contributed by atoms with E-state index in [1.165, 1.54) is 6.07 Å². The monoisotopic (exact) mass is 256 g/mol. The third kappa shape index (κ3) is 2.52. The molecule has 0 saturated heterocycles. The van der Waals surface area contributed by atoms with Gasteiger partial charge in [-0.25, -0.2) is 4.39 Å². The van der Waals surface area contributed by atoms with E-state index in [9.17, 15) is 9.18 Å². The van der Waals surface area contributed by atoms with E-state index in [1.54, 1.807) is 6.07 Å². The minimum Gasteiger partial charge on any atom is -0.360 e. The number of carbonyl (C=O) groups excluding carboxylic acids is 1. The van der Waals surface area contributed by atoms with Crippen molar-refractivity contribution in [2.75, 3.05) is 23.3 Å². The lowest BCUT2D eigenvalue weighted by Crippen LogP contribution is -2.40. The Bertz CT molecular complexity index is 462. The first-order valence-corrected chi connectivity index (χ1v) is 5.89. The Labute approximate surface area is 105 Å². The lowest BCUT2D eigenvalue weighted by atomic mass is 10.1. The summed E-state index contributed by atoms with van der Waals surface area (Å²) < 4.78 is 13.3. The average molecular weight is 257 g/mol. The maximum absolute atomic E-state index is 13.3. The number of carbonyl (C=O) groups is 1. The molecule has 1 N–H and O–H groups in total. The first-order chi connectivity index (χ1) is 7.97. The van der Waals surface area contributed by atoms with Crippen LogP contribution in [0.15, 0.2) is 12.1 Å². The van der Waals surface area contributed by atoms with Crippen molar-refractivity contribution in [3.63, 3.8) is 0 Å². The Morgan fingerprint density at radius 3 is 2.88 bits per heavy atom.